The Balaban J connectivity index is 1.82. The molecule has 1 aromatic carbocycles. The molecule has 2 amide bonds. The molecule has 29 heavy (non-hydrogen) atoms. The molecule has 1 aliphatic heterocycles. The molecule has 3 aromatic rings. The summed E-state index contributed by atoms with van der Waals surface area (Å²) >= 11 is 0. The third kappa shape index (κ3) is 3.14. The van der Waals surface area contributed by atoms with Crippen molar-refractivity contribution in [2.75, 3.05) is 17.2 Å². The summed E-state index contributed by atoms with van der Waals surface area (Å²) in [6, 6.07) is 5.13. The van der Waals surface area contributed by atoms with Crippen LogP contribution in [-0.2, 0) is 6.54 Å². The summed E-state index contributed by atoms with van der Waals surface area (Å²) in [5.74, 6) is -0.394. The fraction of sp³-hybridized carbons (Fsp3) is 0.300. The first-order valence-corrected chi connectivity index (χ1v) is 9.49. The number of nitrogens with zero attached hydrogens (tertiary/aromatic N) is 4. The van der Waals surface area contributed by atoms with Gasteiger partial charge in [-0.3, -0.25) is 19.6 Å². The van der Waals surface area contributed by atoms with Crippen LogP contribution in [0.5, 0.6) is 0 Å². The first-order valence-electron chi connectivity index (χ1n) is 9.49. The van der Waals surface area contributed by atoms with E-state index >= 15 is 0 Å². The Morgan fingerprint density at radius 3 is 2.90 bits per heavy atom. The van der Waals surface area contributed by atoms with Gasteiger partial charge in [0.2, 0.25) is 11.9 Å². The van der Waals surface area contributed by atoms with Crippen LogP contribution >= 0.6 is 0 Å². The summed E-state index contributed by atoms with van der Waals surface area (Å²) in [5, 5.41) is 10.6. The van der Waals surface area contributed by atoms with Gasteiger partial charge in [0, 0.05) is 18.7 Å². The van der Waals surface area contributed by atoms with E-state index in [1.807, 2.05) is 24.5 Å². The Hall–Kier alpha value is -3.62. The molecule has 0 unspecified atom stereocenters. The molecule has 0 fully saturated rings. The van der Waals surface area contributed by atoms with Crippen molar-refractivity contribution in [2.24, 2.45) is 5.73 Å². The fourth-order valence-electron chi connectivity index (χ4n) is 3.79. The van der Waals surface area contributed by atoms with Crippen LogP contribution in [0.4, 0.5) is 11.6 Å². The van der Waals surface area contributed by atoms with Gasteiger partial charge in [-0.1, -0.05) is 6.08 Å². The molecule has 0 saturated heterocycles. The van der Waals surface area contributed by atoms with Crippen molar-refractivity contribution in [3.05, 3.63) is 47.8 Å². The highest BCUT2D eigenvalue weighted by Crippen LogP contribution is 2.36. The number of imidazole rings is 1. The number of amides is 2. The second-order valence-corrected chi connectivity index (χ2v) is 7.06. The number of nitrogens with two attached hydrogens (primary N) is 1. The lowest BCUT2D eigenvalue weighted by atomic mass is 10.1. The van der Waals surface area contributed by atoms with Gasteiger partial charge in [-0.2, -0.15) is 5.10 Å². The third-order valence-corrected chi connectivity index (χ3v) is 5.06. The van der Waals surface area contributed by atoms with Gasteiger partial charge >= 0.3 is 0 Å². The van der Waals surface area contributed by atoms with E-state index in [2.05, 4.69) is 27.3 Å². The number of hydrogen-bond donors (Lipinski definition) is 3. The zero-order valence-electron chi connectivity index (χ0n) is 16.4. The van der Waals surface area contributed by atoms with Gasteiger partial charge in [0.15, 0.2) is 0 Å². The van der Waals surface area contributed by atoms with Crippen molar-refractivity contribution < 1.29 is 9.59 Å². The van der Waals surface area contributed by atoms with Gasteiger partial charge in [0.05, 0.1) is 28.5 Å². The number of carbonyl (C=O) groups is 2. The van der Waals surface area contributed by atoms with Gasteiger partial charge in [0.1, 0.15) is 5.69 Å². The Labute approximate surface area is 167 Å². The number of anilines is 2. The van der Waals surface area contributed by atoms with Gasteiger partial charge < -0.3 is 15.6 Å². The Bertz CT molecular complexity index is 1140. The molecule has 2 aromatic heterocycles. The summed E-state index contributed by atoms with van der Waals surface area (Å²) in [7, 11) is 0. The van der Waals surface area contributed by atoms with Crippen LogP contribution in [-0.4, -0.2) is 37.7 Å². The third-order valence-electron chi connectivity index (χ3n) is 5.06. The molecule has 9 nitrogen and oxygen atoms in total. The largest absolute Gasteiger partial charge is 0.381 e. The zero-order chi connectivity index (χ0) is 20.7. The van der Waals surface area contributed by atoms with Crippen molar-refractivity contribution >= 4 is 34.5 Å². The summed E-state index contributed by atoms with van der Waals surface area (Å²) in [6.07, 6.45) is 2.53. The van der Waals surface area contributed by atoms with E-state index in [0.29, 0.717) is 42.2 Å². The minimum atomic E-state index is -0.527. The van der Waals surface area contributed by atoms with Crippen molar-refractivity contribution in [1.82, 2.24) is 19.3 Å². The van der Waals surface area contributed by atoms with Crippen LogP contribution in [0.3, 0.4) is 0 Å². The minimum Gasteiger partial charge on any atom is -0.381 e. The highest BCUT2D eigenvalue weighted by Gasteiger charge is 2.27. The Morgan fingerprint density at radius 2 is 2.21 bits per heavy atom. The number of primary amides is 1. The molecular weight excluding hydrogens is 370 g/mol. The van der Waals surface area contributed by atoms with Crippen molar-refractivity contribution in [2.45, 2.75) is 32.9 Å². The van der Waals surface area contributed by atoms with Crippen molar-refractivity contribution in [3.8, 4) is 0 Å². The quantitative estimate of drug-likeness (QED) is 0.556. The number of rotatable bonds is 6. The van der Waals surface area contributed by atoms with Gasteiger partial charge in [-0.25, -0.2) is 4.98 Å². The van der Waals surface area contributed by atoms with E-state index in [4.69, 9.17) is 5.73 Å². The van der Waals surface area contributed by atoms with Gasteiger partial charge in [0.25, 0.3) is 5.91 Å². The number of benzene rings is 1. The Kier molecular flexibility index (Phi) is 4.57. The summed E-state index contributed by atoms with van der Waals surface area (Å²) in [4.78, 5) is 29.3. The molecule has 3 heterocycles. The molecule has 4 rings (SSSR count). The van der Waals surface area contributed by atoms with Gasteiger partial charge in [-0.05, 0) is 38.5 Å². The molecule has 0 bridgehead atoms. The number of hydrogen-bond acceptors (Lipinski definition) is 5. The lowest BCUT2D eigenvalue weighted by Gasteiger charge is -2.27. The van der Waals surface area contributed by atoms with E-state index in [-0.39, 0.29) is 11.9 Å². The molecule has 1 atom stereocenters. The maximum atomic E-state index is 13.0. The van der Waals surface area contributed by atoms with E-state index in [1.165, 1.54) is 0 Å². The smallest absolute Gasteiger partial charge is 0.276 e. The highest BCUT2D eigenvalue weighted by molar-refractivity contribution is 6.05. The molecule has 0 aliphatic carbocycles. The second kappa shape index (κ2) is 7.08. The molecule has 9 heteroatoms. The lowest BCUT2D eigenvalue weighted by molar-refractivity contribution is 0.0996. The number of aromatic nitrogens is 4. The average molecular weight is 393 g/mol. The van der Waals surface area contributed by atoms with Crippen LogP contribution in [0.2, 0.25) is 0 Å². The summed E-state index contributed by atoms with van der Waals surface area (Å²) in [6.45, 7) is 8.81. The van der Waals surface area contributed by atoms with Crippen molar-refractivity contribution in [1.29, 1.82) is 0 Å². The van der Waals surface area contributed by atoms with Crippen LogP contribution < -0.4 is 16.4 Å². The maximum absolute atomic E-state index is 13.0. The number of aryl methyl sites for hydroxylation is 2. The molecule has 0 radical (unpaired) electrons. The molecule has 1 aliphatic rings. The van der Waals surface area contributed by atoms with E-state index in [0.717, 1.165) is 16.9 Å². The lowest BCUT2D eigenvalue weighted by Crippen LogP contribution is -2.27. The molecular formula is C20H23N7O2. The van der Waals surface area contributed by atoms with Gasteiger partial charge in [-0.15, -0.1) is 6.58 Å². The predicted molar refractivity (Wildman–Crippen MR) is 111 cm³/mol. The maximum Gasteiger partial charge on any atom is 0.276 e. The molecule has 150 valence electrons. The Morgan fingerprint density at radius 1 is 1.41 bits per heavy atom. The van der Waals surface area contributed by atoms with Crippen LogP contribution in [0.25, 0.3) is 11.0 Å². The zero-order valence-corrected chi connectivity index (χ0v) is 16.4. The monoisotopic (exact) mass is 393 g/mol. The standard InChI is InChI=1S/C20H23N7O2/c1-4-6-13-10-22-14-8-12(18(21)28)9-15-17(14)27(13)20(23-15)24-19(29)16-7-11(3)25-26(16)5-2/h4,7-9,13,22H,1,5-6,10H2,2-3H3,(H2,21,28)(H,23,24,29)/t13-/m0/s1. The minimum absolute atomic E-state index is 0.0255. The normalized spacial score (nSPS) is 15.2. The first-order chi connectivity index (χ1) is 13.9. The SMILES string of the molecule is C=CC[C@H]1CNc2cc(C(N)=O)cc3nc(NC(=O)c4cc(C)nn4CC)n1c23. The summed E-state index contributed by atoms with van der Waals surface area (Å²) < 4.78 is 3.65. The number of nitrogens with one attached hydrogen (secondary N) is 2. The number of allylic oxidation sites excluding steroid dienone is 1. The van der Waals surface area contributed by atoms with E-state index < -0.39 is 5.91 Å². The molecule has 0 saturated carbocycles. The van der Waals surface area contributed by atoms with Crippen LogP contribution in [0, 0.1) is 6.92 Å². The van der Waals surface area contributed by atoms with Crippen LogP contribution in [0.15, 0.2) is 30.9 Å². The summed E-state index contributed by atoms with van der Waals surface area (Å²) in [5.41, 5.74) is 9.25. The van der Waals surface area contributed by atoms with E-state index in [9.17, 15) is 9.59 Å². The number of carbonyl (C=O) groups excluding carboxylic acids is 2. The average Bonchev–Trinajstić information content (AvgIpc) is 3.25. The van der Waals surface area contributed by atoms with Crippen LogP contribution in [0.1, 0.15) is 45.9 Å². The van der Waals surface area contributed by atoms with E-state index in [1.54, 1.807) is 22.9 Å². The molecule has 0 spiro atoms. The second-order valence-electron chi connectivity index (χ2n) is 7.06. The molecule has 4 N–H and O–H groups in total. The highest BCUT2D eigenvalue weighted by atomic mass is 16.2. The topological polar surface area (TPSA) is 120 Å². The first kappa shape index (κ1) is 18.7. The van der Waals surface area contributed by atoms with Crippen molar-refractivity contribution in [3.63, 3.8) is 0 Å². The fourth-order valence-corrected chi connectivity index (χ4v) is 3.79. The predicted octanol–water partition coefficient (Wildman–Crippen LogP) is 2.46.